The van der Waals surface area contributed by atoms with E-state index < -0.39 is 35.2 Å². The van der Waals surface area contributed by atoms with Crippen LogP contribution in [0.2, 0.25) is 0 Å². The van der Waals surface area contributed by atoms with Crippen molar-refractivity contribution in [2.45, 2.75) is 51.2 Å². The molecule has 0 radical (unpaired) electrons. The first-order valence-electron chi connectivity index (χ1n) is 15.6. The molecule has 0 spiro atoms. The molecule has 5 aliphatic rings. The molecular weight excluding hydrogens is 595 g/mol. The Kier molecular flexibility index (Phi) is 8.33. The van der Waals surface area contributed by atoms with Crippen molar-refractivity contribution < 1.29 is 33.1 Å². The maximum Gasteiger partial charge on any atom is 0.323 e. The predicted octanol–water partition coefficient (Wildman–Crippen LogP) is 1.38. The second-order valence-electron chi connectivity index (χ2n) is 12.3. The van der Waals surface area contributed by atoms with Crippen LogP contribution in [0.5, 0.6) is 5.75 Å². The molecule has 13 heteroatoms. The normalized spacial score (nSPS) is 26.3. The highest BCUT2D eigenvalue weighted by Gasteiger charge is 2.49. The quantitative estimate of drug-likeness (QED) is 0.358. The van der Waals surface area contributed by atoms with Crippen LogP contribution in [-0.4, -0.2) is 107 Å². The number of fused-ring (bicyclic) bond motifs is 1. The van der Waals surface area contributed by atoms with Crippen LogP contribution in [-0.2, 0) is 20.9 Å². The van der Waals surface area contributed by atoms with E-state index in [0.29, 0.717) is 43.5 Å². The van der Waals surface area contributed by atoms with Gasteiger partial charge < -0.3 is 29.7 Å². The molecule has 6 amide bonds. The van der Waals surface area contributed by atoms with Gasteiger partial charge in [0.25, 0.3) is 11.8 Å². The Labute approximate surface area is 266 Å². The van der Waals surface area contributed by atoms with E-state index in [0.717, 1.165) is 25.3 Å². The fourth-order valence-corrected chi connectivity index (χ4v) is 6.88. The summed E-state index contributed by atoms with van der Waals surface area (Å²) < 4.78 is 19.9. The number of halogens is 1. The molecule has 2 N–H and O–H groups in total. The highest BCUT2D eigenvalue weighted by atomic mass is 19.1. The Hall–Kier alpha value is -4.70. The summed E-state index contributed by atoms with van der Waals surface area (Å²) >= 11 is 0. The summed E-state index contributed by atoms with van der Waals surface area (Å²) in [5.74, 6) is 3.47. The molecule has 6 rings (SSSR count). The van der Waals surface area contributed by atoms with Gasteiger partial charge in [-0.1, -0.05) is 31.8 Å². The molecule has 4 heterocycles. The summed E-state index contributed by atoms with van der Waals surface area (Å²) in [7, 11) is 1.31. The molecular formula is C33H37FN6O6. The molecule has 242 valence electrons. The first kappa shape index (κ1) is 31.3. The summed E-state index contributed by atoms with van der Waals surface area (Å²) in [6.45, 7) is 7.65. The number of methoxy groups -OCH3 is 1. The van der Waals surface area contributed by atoms with Gasteiger partial charge in [0.1, 0.15) is 6.04 Å². The number of ether oxygens (including phenoxy) is 1. The monoisotopic (exact) mass is 632 g/mol. The van der Waals surface area contributed by atoms with E-state index in [1.165, 1.54) is 18.1 Å². The number of hydrogen-bond donors (Lipinski definition) is 2. The van der Waals surface area contributed by atoms with Crippen LogP contribution in [0.1, 0.15) is 49.0 Å². The summed E-state index contributed by atoms with van der Waals surface area (Å²) in [5.41, 5.74) is -0.0490. The summed E-state index contributed by atoms with van der Waals surface area (Å²) in [4.78, 5) is 72.2. The fraction of sp³-hybridized carbons (Fsp3) is 0.485. The largest absolute Gasteiger partial charge is 0.494 e. The molecule has 46 heavy (non-hydrogen) atoms. The SMILES string of the molecule is CCN1CCN(C(=O)C2CCC(=O)N2C2=CC=C(C#C[C@]3(CN4Cc5ccc(OC)c(F)c5C4=O)NC(=O)NC3=O)CC2C)CC1. The number of allylic oxidation sites excluding steroid dienone is 4. The van der Waals surface area contributed by atoms with Crippen molar-refractivity contribution in [1.82, 2.24) is 30.2 Å². The van der Waals surface area contributed by atoms with Gasteiger partial charge in [-0.05, 0) is 43.2 Å². The number of urea groups is 1. The Bertz CT molecular complexity index is 1640. The van der Waals surface area contributed by atoms with E-state index in [2.05, 4.69) is 34.3 Å². The lowest BCUT2D eigenvalue weighted by molar-refractivity contribution is -0.141. The van der Waals surface area contributed by atoms with Crippen LogP contribution in [0.4, 0.5) is 9.18 Å². The number of amides is 6. The summed E-state index contributed by atoms with van der Waals surface area (Å²) in [5, 5.41) is 4.77. The zero-order valence-corrected chi connectivity index (χ0v) is 26.2. The molecule has 1 aromatic carbocycles. The second-order valence-corrected chi connectivity index (χ2v) is 12.3. The highest BCUT2D eigenvalue weighted by molar-refractivity contribution is 6.10. The van der Waals surface area contributed by atoms with Gasteiger partial charge >= 0.3 is 6.03 Å². The Morgan fingerprint density at radius 3 is 2.54 bits per heavy atom. The average Bonchev–Trinajstić information content (AvgIpc) is 3.67. The van der Waals surface area contributed by atoms with Crippen LogP contribution in [0.25, 0.3) is 0 Å². The van der Waals surface area contributed by atoms with Gasteiger partial charge in [0, 0.05) is 56.3 Å². The maximum absolute atomic E-state index is 14.9. The predicted molar refractivity (Wildman–Crippen MR) is 163 cm³/mol. The van der Waals surface area contributed by atoms with Crippen LogP contribution in [0, 0.1) is 23.6 Å². The standard InChI is InChI=1S/C33H37FN6O6/c1-4-37-13-15-38(16-14-37)29(42)24-8-10-26(41)40(24)23-7-5-21(17-20(23)2)11-12-33(31(44)35-32(45)36-33)19-39-18-22-6-9-25(46-3)28(34)27(22)30(39)43/h5-7,9,20,24H,4,8,10,13-19H2,1-3H3,(H2,35,36,44,45)/t20?,24?,33-/m1/s1. The molecule has 12 nitrogen and oxygen atoms in total. The number of nitrogens with zero attached hydrogens (tertiary/aromatic N) is 4. The third kappa shape index (κ3) is 5.51. The van der Waals surface area contributed by atoms with Crippen molar-refractivity contribution in [3.8, 4) is 17.6 Å². The molecule has 4 aliphatic heterocycles. The third-order valence-corrected chi connectivity index (χ3v) is 9.47. The topological polar surface area (TPSA) is 132 Å². The molecule has 1 aromatic rings. The van der Waals surface area contributed by atoms with Gasteiger partial charge in [-0.15, -0.1) is 0 Å². The van der Waals surface area contributed by atoms with E-state index in [9.17, 15) is 28.4 Å². The zero-order valence-electron chi connectivity index (χ0n) is 26.2. The zero-order chi connectivity index (χ0) is 32.7. The molecule has 3 atom stereocenters. The number of carbonyl (C=O) groups is 5. The molecule has 1 aliphatic carbocycles. The van der Waals surface area contributed by atoms with Crippen molar-refractivity contribution >= 4 is 29.7 Å². The number of likely N-dealkylation sites (tertiary alicyclic amines) is 1. The smallest absolute Gasteiger partial charge is 0.323 e. The van der Waals surface area contributed by atoms with Crippen LogP contribution >= 0.6 is 0 Å². The van der Waals surface area contributed by atoms with Gasteiger partial charge in [-0.3, -0.25) is 24.5 Å². The van der Waals surface area contributed by atoms with Crippen LogP contribution in [0.15, 0.2) is 35.6 Å². The first-order valence-corrected chi connectivity index (χ1v) is 15.6. The molecule has 0 bridgehead atoms. The Balaban J connectivity index is 1.22. The van der Waals surface area contributed by atoms with Gasteiger partial charge in [0.2, 0.25) is 17.4 Å². The van der Waals surface area contributed by atoms with E-state index in [4.69, 9.17) is 4.74 Å². The lowest BCUT2D eigenvalue weighted by Crippen LogP contribution is -2.54. The van der Waals surface area contributed by atoms with Crippen LogP contribution < -0.4 is 15.4 Å². The first-order chi connectivity index (χ1) is 22.0. The third-order valence-electron chi connectivity index (χ3n) is 9.47. The van der Waals surface area contributed by atoms with Crippen molar-refractivity contribution in [3.63, 3.8) is 0 Å². The lowest BCUT2D eigenvalue weighted by atomic mass is 9.90. The van der Waals surface area contributed by atoms with Crippen molar-refractivity contribution in [2.24, 2.45) is 5.92 Å². The summed E-state index contributed by atoms with van der Waals surface area (Å²) in [6, 6.07) is 1.74. The maximum atomic E-state index is 14.9. The number of rotatable bonds is 6. The molecule has 0 aromatic heterocycles. The van der Waals surface area contributed by atoms with Gasteiger partial charge in [0.05, 0.1) is 19.2 Å². The molecule has 2 unspecified atom stereocenters. The molecule has 0 saturated carbocycles. The number of benzene rings is 1. The van der Waals surface area contributed by atoms with Gasteiger partial charge in [-0.25, -0.2) is 9.18 Å². The number of imide groups is 1. The Morgan fingerprint density at radius 1 is 1.13 bits per heavy atom. The number of hydrogen-bond acceptors (Lipinski definition) is 7. The van der Waals surface area contributed by atoms with Gasteiger partial charge in [-0.2, -0.15) is 0 Å². The van der Waals surface area contributed by atoms with E-state index >= 15 is 0 Å². The second kappa shape index (κ2) is 12.2. The van der Waals surface area contributed by atoms with Crippen molar-refractivity contribution in [2.75, 3.05) is 46.4 Å². The van der Waals surface area contributed by atoms with Crippen LogP contribution in [0.3, 0.4) is 0 Å². The summed E-state index contributed by atoms with van der Waals surface area (Å²) in [6.07, 6.45) is 4.77. The molecule has 3 fully saturated rings. The minimum Gasteiger partial charge on any atom is -0.494 e. The fourth-order valence-electron chi connectivity index (χ4n) is 6.88. The number of nitrogens with one attached hydrogen (secondary N) is 2. The minimum atomic E-state index is -1.76. The van der Waals surface area contributed by atoms with E-state index in [-0.39, 0.29) is 42.1 Å². The number of piperazine rings is 1. The van der Waals surface area contributed by atoms with Crippen molar-refractivity contribution in [3.05, 3.63) is 52.5 Å². The average molecular weight is 633 g/mol. The molecule has 3 saturated heterocycles. The van der Waals surface area contributed by atoms with E-state index in [1.807, 2.05) is 11.8 Å². The van der Waals surface area contributed by atoms with E-state index in [1.54, 1.807) is 23.1 Å². The van der Waals surface area contributed by atoms with Crippen molar-refractivity contribution in [1.29, 1.82) is 0 Å². The highest BCUT2D eigenvalue weighted by Crippen LogP contribution is 2.35. The Morgan fingerprint density at radius 2 is 1.89 bits per heavy atom. The lowest BCUT2D eigenvalue weighted by Gasteiger charge is -2.38. The number of likely N-dealkylation sites (N-methyl/N-ethyl adjacent to an activating group) is 1. The van der Waals surface area contributed by atoms with Gasteiger partial charge in [0.15, 0.2) is 11.6 Å². The minimum absolute atomic E-state index is 0.0221. The number of carbonyl (C=O) groups excluding carboxylic acids is 5.